The molecule has 0 N–H and O–H groups in total. The number of aromatic nitrogens is 2. The van der Waals surface area contributed by atoms with Crippen LogP contribution in [-0.4, -0.2) is 22.4 Å². The lowest BCUT2D eigenvalue weighted by molar-refractivity contribution is 0.101. The van der Waals surface area contributed by atoms with Crippen molar-refractivity contribution in [3.63, 3.8) is 0 Å². The van der Waals surface area contributed by atoms with E-state index in [9.17, 15) is 4.79 Å². The summed E-state index contributed by atoms with van der Waals surface area (Å²) in [4.78, 5) is 16.2. The number of nitrogens with zero attached hydrogens (tertiary/aromatic N) is 2. The van der Waals surface area contributed by atoms with Crippen molar-refractivity contribution >= 4 is 40.2 Å². The Morgan fingerprint density at radius 1 is 1.29 bits per heavy atom. The summed E-state index contributed by atoms with van der Waals surface area (Å²) in [6.07, 6.45) is 0. The summed E-state index contributed by atoms with van der Waals surface area (Å²) in [5, 5.41) is 1.57. The van der Waals surface area contributed by atoms with Crippen molar-refractivity contribution in [2.45, 2.75) is 17.8 Å². The summed E-state index contributed by atoms with van der Waals surface area (Å²) in [7, 11) is 3.61. The highest BCUT2D eigenvalue weighted by Gasteiger charge is 2.12. The van der Waals surface area contributed by atoms with Crippen molar-refractivity contribution in [1.82, 2.24) is 9.55 Å². The SMILES string of the molecule is COc1ccc(C(C)=O)cc1CSc1nc2cc(Cl)ccc2n1C. The summed E-state index contributed by atoms with van der Waals surface area (Å²) in [6.45, 7) is 1.56. The van der Waals surface area contributed by atoms with E-state index in [0.717, 1.165) is 27.5 Å². The molecule has 3 aromatic rings. The Kier molecular flexibility index (Phi) is 4.83. The van der Waals surface area contributed by atoms with E-state index in [4.69, 9.17) is 16.3 Å². The molecular formula is C18H17ClN2O2S. The van der Waals surface area contributed by atoms with Gasteiger partial charge in [0, 0.05) is 29.0 Å². The number of benzene rings is 2. The molecule has 0 unspecified atom stereocenters. The van der Waals surface area contributed by atoms with Gasteiger partial charge in [-0.15, -0.1) is 0 Å². The number of carbonyl (C=O) groups excluding carboxylic acids is 1. The van der Waals surface area contributed by atoms with E-state index < -0.39 is 0 Å². The Balaban J connectivity index is 1.89. The molecule has 0 amide bonds. The largest absolute Gasteiger partial charge is 0.496 e. The van der Waals surface area contributed by atoms with Crippen molar-refractivity contribution < 1.29 is 9.53 Å². The maximum Gasteiger partial charge on any atom is 0.169 e. The molecule has 4 nitrogen and oxygen atoms in total. The minimum Gasteiger partial charge on any atom is -0.496 e. The van der Waals surface area contributed by atoms with Crippen LogP contribution in [0.25, 0.3) is 11.0 Å². The van der Waals surface area contributed by atoms with Crippen LogP contribution >= 0.6 is 23.4 Å². The van der Waals surface area contributed by atoms with Gasteiger partial charge in [0.25, 0.3) is 0 Å². The minimum atomic E-state index is 0.0428. The molecule has 0 spiro atoms. The van der Waals surface area contributed by atoms with E-state index in [-0.39, 0.29) is 5.78 Å². The van der Waals surface area contributed by atoms with Gasteiger partial charge in [-0.05, 0) is 43.3 Å². The third-order valence-electron chi connectivity index (χ3n) is 3.85. The molecule has 6 heteroatoms. The number of fused-ring (bicyclic) bond motifs is 1. The van der Waals surface area contributed by atoms with Gasteiger partial charge in [-0.25, -0.2) is 4.98 Å². The third-order valence-corrected chi connectivity index (χ3v) is 5.16. The maximum absolute atomic E-state index is 11.6. The second-order valence-electron chi connectivity index (χ2n) is 5.46. The number of carbonyl (C=O) groups is 1. The summed E-state index contributed by atoms with van der Waals surface area (Å²) in [6, 6.07) is 11.2. The van der Waals surface area contributed by atoms with Crippen LogP contribution in [0.3, 0.4) is 0 Å². The molecule has 24 heavy (non-hydrogen) atoms. The fourth-order valence-electron chi connectivity index (χ4n) is 2.53. The van der Waals surface area contributed by atoms with Gasteiger partial charge < -0.3 is 9.30 Å². The highest BCUT2D eigenvalue weighted by atomic mass is 35.5. The number of methoxy groups -OCH3 is 1. The predicted octanol–water partition coefficient (Wildman–Crippen LogP) is 4.73. The molecule has 0 fully saturated rings. The Hall–Kier alpha value is -1.98. The number of hydrogen-bond donors (Lipinski definition) is 0. The predicted molar refractivity (Wildman–Crippen MR) is 98.3 cm³/mol. The number of aryl methyl sites for hydroxylation is 1. The molecule has 0 aliphatic heterocycles. The van der Waals surface area contributed by atoms with Crippen LogP contribution in [0.4, 0.5) is 0 Å². The quantitative estimate of drug-likeness (QED) is 0.487. The van der Waals surface area contributed by atoms with Crippen molar-refractivity contribution in [2.24, 2.45) is 7.05 Å². The van der Waals surface area contributed by atoms with Crippen LogP contribution in [-0.2, 0) is 12.8 Å². The Morgan fingerprint density at radius 2 is 2.08 bits per heavy atom. The van der Waals surface area contributed by atoms with Gasteiger partial charge in [0.1, 0.15) is 5.75 Å². The zero-order chi connectivity index (χ0) is 17.3. The lowest BCUT2D eigenvalue weighted by Gasteiger charge is -2.09. The topological polar surface area (TPSA) is 44.1 Å². The average Bonchev–Trinajstić information content (AvgIpc) is 2.87. The summed E-state index contributed by atoms with van der Waals surface area (Å²) in [5.74, 6) is 1.48. The number of halogens is 1. The number of Topliss-reactive ketones (excluding diaryl/α,β-unsaturated/α-hetero) is 1. The van der Waals surface area contributed by atoms with E-state index in [1.54, 1.807) is 31.9 Å². The molecule has 0 saturated carbocycles. The molecule has 124 valence electrons. The second-order valence-corrected chi connectivity index (χ2v) is 6.84. The first kappa shape index (κ1) is 16.9. The third kappa shape index (κ3) is 3.28. The minimum absolute atomic E-state index is 0.0428. The summed E-state index contributed by atoms with van der Waals surface area (Å²) in [5.41, 5.74) is 3.56. The van der Waals surface area contributed by atoms with Crippen LogP contribution < -0.4 is 4.74 Å². The van der Waals surface area contributed by atoms with E-state index in [0.29, 0.717) is 16.3 Å². The van der Waals surface area contributed by atoms with Gasteiger partial charge in [0.05, 0.1) is 18.1 Å². The normalized spacial score (nSPS) is 11.0. The van der Waals surface area contributed by atoms with Crippen LogP contribution in [0.15, 0.2) is 41.6 Å². The monoisotopic (exact) mass is 360 g/mol. The zero-order valence-corrected chi connectivity index (χ0v) is 15.2. The molecule has 0 bridgehead atoms. The first-order valence-electron chi connectivity index (χ1n) is 7.42. The molecule has 0 saturated heterocycles. The molecule has 1 aromatic heterocycles. The number of ketones is 1. The second kappa shape index (κ2) is 6.87. The lowest BCUT2D eigenvalue weighted by Crippen LogP contribution is -1.98. The fourth-order valence-corrected chi connectivity index (χ4v) is 3.66. The molecule has 0 radical (unpaired) electrons. The summed E-state index contributed by atoms with van der Waals surface area (Å²) < 4.78 is 7.44. The maximum atomic E-state index is 11.6. The van der Waals surface area contributed by atoms with Gasteiger partial charge in [0.2, 0.25) is 0 Å². The average molecular weight is 361 g/mol. The van der Waals surface area contributed by atoms with Crippen LogP contribution in [0.1, 0.15) is 22.8 Å². The Morgan fingerprint density at radius 3 is 2.79 bits per heavy atom. The number of rotatable bonds is 5. The number of hydrogen-bond acceptors (Lipinski definition) is 4. The van der Waals surface area contributed by atoms with Crippen molar-refractivity contribution in [3.8, 4) is 5.75 Å². The molecule has 1 heterocycles. The number of imidazole rings is 1. The van der Waals surface area contributed by atoms with Crippen LogP contribution in [0.2, 0.25) is 5.02 Å². The standard InChI is InChI=1S/C18H17ClN2O2S/c1-11(22)12-4-7-17(23-3)13(8-12)10-24-18-20-15-9-14(19)5-6-16(15)21(18)2/h4-9H,10H2,1-3H3. The van der Waals surface area contributed by atoms with Crippen LogP contribution in [0.5, 0.6) is 5.75 Å². The van der Waals surface area contributed by atoms with Crippen molar-refractivity contribution in [2.75, 3.05) is 7.11 Å². The molecule has 0 atom stereocenters. The van der Waals surface area contributed by atoms with Gasteiger partial charge in [-0.1, -0.05) is 23.4 Å². The van der Waals surface area contributed by atoms with Gasteiger partial charge in [-0.3, -0.25) is 4.79 Å². The number of thioether (sulfide) groups is 1. The molecule has 3 rings (SSSR count). The molecular weight excluding hydrogens is 344 g/mol. The number of ether oxygens (including phenoxy) is 1. The van der Waals surface area contributed by atoms with Crippen LogP contribution in [0, 0.1) is 0 Å². The van der Waals surface area contributed by atoms with Gasteiger partial charge in [0.15, 0.2) is 10.9 Å². The fraction of sp³-hybridized carbons (Fsp3) is 0.222. The highest BCUT2D eigenvalue weighted by molar-refractivity contribution is 7.98. The summed E-state index contributed by atoms with van der Waals surface area (Å²) >= 11 is 7.63. The molecule has 2 aromatic carbocycles. The van der Waals surface area contributed by atoms with Crippen molar-refractivity contribution in [1.29, 1.82) is 0 Å². The first-order valence-corrected chi connectivity index (χ1v) is 8.78. The van der Waals surface area contributed by atoms with Gasteiger partial charge in [-0.2, -0.15) is 0 Å². The van der Waals surface area contributed by atoms with Gasteiger partial charge >= 0.3 is 0 Å². The van der Waals surface area contributed by atoms with E-state index in [1.165, 1.54) is 0 Å². The van der Waals surface area contributed by atoms with E-state index in [2.05, 4.69) is 4.98 Å². The molecule has 0 aliphatic rings. The zero-order valence-electron chi connectivity index (χ0n) is 13.7. The lowest BCUT2D eigenvalue weighted by atomic mass is 10.1. The molecule has 0 aliphatic carbocycles. The first-order chi connectivity index (χ1) is 11.5. The van der Waals surface area contributed by atoms with Crippen molar-refractivity contribution in [3.05, 3.63) is 52.5 Å². The van der Waals surface area contributed by atoms with E-state index >= 15 is 0 Å². The Bertz CT molecular complexity index is 921. The smallest absolute Gasteiger partial charge is 0.169 e. The van der Waals surface area contributed by atoms with E-state index in [1.807, 2.05) is 41.9 Å². The highest BCUT2D eigenvalue weighted by Crippen LogP contribution is 2.30. The Labute approximate surface area is 149 Å².